The Morgan fingerprint density at radius 2 is 2.43 bits per heavy atom. The van der Waals surface area contributed by atoms with Gasteiger partial charge >= 0.3 is 0 Å². The van der Waals surface area contributed by atoms with Crippen LogP contribution in [0.25, 0.3) is 0 Å². The molecule has 1 fully saturated rings. The molecule has 1 aromatic rings. The summed E-state index contributed by atoms with van der Waals surface area (Å²) < 4.78 is 1.77. The van der Waals surface area contributed by atoms with Crippen molar-refractivity contribution in [3.05, 3.63) is 18.0 Å². The molecule has 0 aromatic carbocycles. The molecule has 1 saturated heterocycles. The molecule has 0 amide bonds. The van der Waals surface area contributed by atoms with Gasteiger partial charge in [0.25, 0.3) is 0 Å². The zero-order chi connectivity index (χ0) is 10.1. The Hall–Kier alpha value is -0.910. The summed E-state index contributed by atoms with van der Waals surface area (Å²) in [5.74, 6) is 0. The molecule has 1 aliphatic rings. The van der Waals surface area contributed by atoms with E-state index < -0.39 is 0 Å². The van der Waals surface area contributed by atoms with Crippen LogP contribution >= 0.6 is 0 Å². The van der Waals surface area contributed by atoms with Gasteiger partial charge in [-0.25, -0.2) is 0 Å². The maximum absolute atomic E-state index is 9.21. The molecule has 1 aromatic heterocycles. The molecule has 1 atom stereocenters. The smallest absolute Gasteiger partial charge is 0.0794 e. The number of hydrogen-bond acceptors (Lipinski definition) is 4. The number of nitrogens with two attached hydrogens (primary N) is 1. The second kappa shape index (κ2) is 3.68. The van der Waals surface area contributed by atoms with Crippen LogP contribution in [-0.4, -0.2) is 45.5 Å². The fraction of sp³-hybridized carbons (Fsp3) is 0.667. The zero-order valence-electron chi connectivity index (χ0n) is 8.30. The third-order valence-electron chi connectivity index (χ3n) is 2.66. The van der Waals surface area contributed by atoms with Crippen molar-refractivity contribution in [3.63, 3.8) is 0 Å². The first-order valence-electron chi connectivity index (χ1n) is 4.81. The Morgan fingerprint density at radius 1 is 1.71 bits per heavy atom. The van der Waals surface area contributed by atoms with Gasteiger partial charge in [-0.1, -0.05) is 0 Å². The second-order valence-electron chi connectivity index (χ2n) is 3.81. The minimum absolute atomic E-state index is 0.180. The molecule has 2 heterocycles. The first-order valence-corrected chi connectivity index (χ1v) is 4.81. The summed E-state index contributed by atoms with van der Waals surface area (Å²) in [7, 11) is 1.89. The third kappa shape index (κ3) is 1.66. The van der Waals surface area contributed by atoms with E-state index in [9.17, 15) is 5.11 Å². The summed E-state index contributed by atoms with van der Waals surface area (Å²) in [6.07, 6.45) is 3.63. The number of hydrogen-bond donors (Lipinski definition) is 2. The van der Waals surface area contributed by atoms with Crippen molar-refractivity contribution < 1.29 is 5.11 Å². The van der Waals surface area contributed by atoms with Crippen LogP contribution in [0.1, 0.15) is 11.6 Å². The van der Waals surface area contributed by atoms with Crippen molar-refractivity contribution in [1.82, 2.24) is 14.7 Å². The summed E-state index contributed by atoms with van der Waals surface area (Å²) in [6, 6.07) is 0.201. The number of β-amino-alcohol motifs (C(OH)–C–C–N with tert-alkyl or cyclic N) is 1. The molecule has 5 heteroatoms. The number of nitrogens with zero attached hydrogens (tertiary/aromatic N) is 3. The van der Waals surface area contributed by atoms with E-state index in [-0.39, 0.29) is 12.1 Å². The molecule has 0 spiro atoms. The fourth-order valence-electron chi connectivity index (χ4n) is 1.85. The SMILES string of the molecule is Cn1cc(C(CN)N2CC(O)C2)cn1. The molecule has 1 unspecified atom stereocenters. The van der Waals surface area contributed by atoms with E-state index in [1.165, 1.54) is 0 Å². The van der Waals surface area contributed by atoms with E-state index in [0.29, 0.717) is 6.54 Å². The molecule has 0 aliphatic carbocycles. The Kier molecular flexibility index (Phi) is 2.54. The van der Waals surface area contributed by atoms with E-state index in [0.717, 1.165) is 18.7 Å². The lowest BCUT2D eigenvalue weighted by Gasteiger charge is -2.41. The van der Waals surface area contributed by atoms with Crippen molar-refractivity contribution in [2.75, 3.05) is 19.6 Å². The summed E-state index contributed by atoms with van der Waals surface area (Å²) in [6.45, 7) is 2.01. The Labute approximate surface area is 83.1 Å². The highest BCUT2D eigenvalue weighted by Gasteiger charge is 2.31. The van der Waals surface area contributed by atoms with E-state index in [4.69, 9.17) is 5.73 Å². The molecule has 78 valence electrons. The van der Waals surface area contributed by atoms with Gasteiger partial charge < -0.3 is 10.8 Å². The predicted octanol–water partition coefficient (Wildman–Crippen LogP) is -0.904. The zero-order valence-corrected chi connectivity index (χ0v) is 8.30. The number of aryl methyl sites for hydroxylation is 1. The van der Waals surface area contributed by atoms with Crippen molar-refractivity contribution >= 4 is 0 Å². The average Bonchev–Trinajstić information content (AvgIpc) is 2.50. The molecule has 5 nitrogen and oxygen atoms in total. The standard InChI is InChI=1S/C9H16N4O/c1-12-4-7(3-11-12)9(2-10)13-5-8(14)6-13/h3-4,8-9,14H,2,5-6,10H2,1H3. The lowest BCUT2D eigenvalue weighted by molar-refractivity contribution is -0.0234. The first kappa shape index (κ1) is 9.64. The number of rotatable bonds is 3. The van der Waals surface area contributed by atoms with Gasteiger partial charge in [0.1, 0.15) is 0 Å². The molecule has 3 N–H and O–H groups in total. The van der Waals surface area contributed by atoms with E-state index >= 15 is 0 Å². The van der Waals surface area contributed by atoms with Crippen LogP contribution in [0.2, 0.25) is 0 Å². The second-order valence-corrected chi connectivity index (χ2v) is 3.81. The van der Waals surface area contributed by atoms with Crippen LogP contribution in [0.3, 0.4) is 0 Å². The van der Waals surface area contributed by atoms with Crippen LogP contribution in [0.4, 0.5) is 0 Å². The van der Waals surface area contributed by atoms with Gasteiger partial charge in [-0.15, -0.1) is 0 Å². The quantitative estimate of drug-likeness (QED) is 0.657. The number of likely N-dealkylation sites (tertiary alicyclic amines) is 1. The Morgan fingerprint density at radius 3 is 2.86 bits per heavy atom. The van der Waals surface area contributed by atoms with Crippen LogP contribution in [0.15, 0.2) is 12.4 Å². The average molecular weight is 196 g/mol. The summed E-state index contributed by atoms with van der Waals surface area (Å²) >= 11 is 0. The minimum atomic E-state index is -0.180. The van der Waals surface area contributed by atoms with Crippen LogP contribution in [0.5, 0.6) is 0 Å². The van der Waals surface area contributed by atoms with Crippen LogP contribution in [-0.2, 0) is 7.05 Å². The monoisotopic (exact) mass is 196 g/mol. The van der Waals surface area contributed by atoms with E-state index in [1.54, 1.807) is 4.68 Å². The molecule has 1 aliphatic heterocycles. The molecular weight excluding hydrogens is 180 g/mol. The number of aliphatic hydroxyl groups is 1. The van der Waals surface area contributed by atoms with Gasteiger partial charge in [-0.05, 0) is 0 Å². The molecule has 14 heavy (non-hydrogen) atoms. The largest absolute Gasteiger partial charge is 0.390 e. The van der Waals surface area contributed by atoms with Gasteiger partial charge in [-0.3, -0.25) is 9.58 Å². The van der Waals surface area contributed by atoms with Gasteiger partial charge in [0, 0.05) is 38.4 Å². The van der Waals surface area contributed by atoms with Crippen molar-refractivity contribution in [1.29, 1.82) is 0 Å². The summed E-state index contributed by atoms with van der Waals surface area (Å²) in [4.78, 5) is 2.17. The lowest BCUT2D eigenvalue weighted by atomic mass is 10.0. The van der Waals surface area contributed by atoms with Crippen LogP contribution < -0.4 is 5.73 Å². The predicted molar refractivity (Wildman–Crippen MR) is 52.6 cm³/mol. The van der Waals surface area contributed by atoms with Crippen LogP contribution in [0, 0.1) is 0 Å². The topological polar surface area (TPSA) is 67.3 Å². The molecule has 0 saturated carbocycles. The highest BCUT2D eigenvalue weighted by Crippen LogP contribution is 2.24. The molecular formula is C9H16N4O. The number of aliphatic hydroxyl groups excluding tert-OH is 1. The summed E-state index contributed by atoms with van der Waals surface area (Å²) in [5.41, 5.74) is 6.84. The highest BCUT2D eigenvalue weighted by atomic mass is 16.3. The van der Waals surface area contributed by atoms with Crippen molar-refractivity contribution in [3.8, 4) is 0 Å². The normalized spacial score (nSPS) is 20.8. The molecule has 0 radical (unpaired) electrons. The summed E-state index contributed by atoms with van der Waals surface area (Å²) in [5, 5.41) is 13.3. The van der Waals surface area contributed by atoms with Crippen molar-refractivity contribution in [2.24, 2.45) is 12.8 Å². The Bertz CT molecular complexity index is 306. The van der Waals surface area contributed by atoms with E-state index in [2.05, 4.69) is 10.00 Å². The maximum atomic E-state index is 9.21. The minimum Gasteiger partial charge on any atom is -0.390 e. The van der Waals surface area contributed by atoms with E-state index in [1.807, 2.05) is 19.4 Å². The van der Waals surface area contributed by atoms with Crippen molar-refractivity contribution in [2.45, 2.75) is 12.1 Å². The number of aromatic nitrogens is 2. The van der Waals surface area contributed by atoms with Gasteiger partial charge in [-0.2, -0.15) is 5.10 Å². The highest BCUT2D eigenvalue weighted by molar-refractivity contribution is 5.12. The first-order chi connectivity index (χ1) is 6.70. The lowest BCUT2D eigenvalue weighted by Crippen LogP contribution is -2.53. The van der Waals surface area contributed by atoms with Gasteiger partial charge in [0.15, 0.2) is 0 Å². The molecule has 2 rings (SSSR count). The molecule has 0 bridgehead atoms. The fourth-order valence-corrected chi connectivity index (χ4v) is 1.85. The Balaban J connectivity index is 2.06. The maximum Gasteiger partial charge on any atom is 0.0794 e. The van der Waals surface area contributed by atoms with Gasteiger partial charge in [0.05, 0.1) is 18.3 Å². The van der Waals surface area contributed by atoms with Gasteiger partial charge in [0.2, 0.25) is 0 Å². The third-order valence-corrected chi connectivity index (χ3v) is 2.66.